The molecule has 19 heavy (non-hydrogen) atoms. The Bertz CT molecular complexity index is 241. The van der Waals surface area contributed by atoms with E-state index in [4.69, 9.17) is 4.74 Å². The SMILES string of the molecule is CC(C)CNCC1(N2CCOCC2)CCCCCC1. The molecule has 0 aromatic carbocycles. The minimum atomic E-state index is 0.412. The highest BCUT2D eigenvalue weighted by molar-refractivity contribution is 4.95. The van der Waals surface area contributed by atoms with Crippen molar-refractivity contribution in [2.24, 2.45) is 5.92 Å². The van der Waals surface area contributed by atoms with Crippen LogP contribution >= 0.6 is 0 Å². The fraction of sp³-hybridized carbons (Fsp3) is 1.00. The lowest BCUT2D eigenvalue weighted by molar-refractivity contribution is -0.0288. The molecule has 0 atom stereocenters. The second-order valence-electron chi connectivity index (χ2n) is 6.76. The molecule has 2 aliphatic rings. The molecule has 1 saturated carbocycles. The summed E-state index contributed by atoms with van der Waals surface area (Å²) < 4.78 is 5.55. The van der Waals surface area contributed by atoms with Gasteiger partial charge >= 0.3 is 0 Å². The van der Waals surface area contributed by atoms with Gasteiger partial charge in [-0.2, -0.15) is 0 Å². The third-order valence-corrected chi connectivity index (χ3v) is 4.72. The van der Waals surface area contributed by atoms with Crippen molar-refractivity contribution < 1.29 is 4.74 Å². The van der Waals surface area contributed by atoms with Crippen LogP contribution in [0.1, 0.15) is 52.4 Å². The molecule has 1 aliphatic heterocycles. The Labute approximate surface area is 119 Å². The first kappa shape index (κ1) is 15.3. The van der Waals surface area contributed by atoms with E-state index in [1.54, 1.807) is 0 Å². The molecule has 0 unspecified atom stereocenters. The van der Waals surface area contributed by atoms with Gasteiger partial charge in [-0.1, -0.05) is 39.5 Å². The predicted molar refractivity (Wildman–Crippen MR) is 80.5 cm³/mol. The van der Waals surface area contributed by atoms with Crippen LogP contribution in [0.15, 0.2) is 0 Å². The summed E-state index contributed by atoms with van der Waals surface area (Å²) in [6, 6.07) is 0. The van der Waals surface area contributed by atoms with Gasteiger partial charge in [0.2, 0.25) is 0 Å². The molecule has 1 N–H and O–H groups in total. The van der Waals surface area contributed by atoms with E-state index in [0.29, 0.717) is 5.54 Å². The van der Waals surface area contributed by atoms with Gasteiger partial charge < -0.3 is 10.1 Å². The Balaban J connectivity index is 1.97. The van der Waals surface area contributed by atoms with Crippen LogP contribution in [-0.2, 0) is 4.74 Å². The van der Waals surface area contributed by atoms with Gasteiger partial charge in [0.1, 0.15) is 0 Å². The fourth-order valence-electron chi connectivity index (χ4n) is 3.62. The van der Waals surface area contributed by atoms with E-state index in [1.807, 2.05) is 0 Å². The van der Waals surface area contributed by atoms with Crippen LogP contribution in [0.3, 0.4) is 0 Å². The zero-order valence-electron chi connectivity index (χ0n) is 12.9. The predicted octanol–water partition coefficient (Wildman–Crippen LogP) is 2.66. The van der Waals surface area contributed by atoms with Crippen molar-refractivity contribution in [3.63, 3.8) is 0 Å². The van der Waals surface area contributed by atoms with E-state index >= 15 is 0 Å². The molecule has 0 amide bonds. The van der Waals surface area contributed by atoms with Gasteiger partial charge in [0, 0.05) is 25.2 Å². The van der Waals surface area contributed by atoms with Gasteiger partial charge in [-0.15, -0.1) is 0 Å². The monoisotopic (exact) mass is 268 g/mol. The van der Waals surface area contributed by atoms with Gasteiger partial charge in [0.25, 0.3) is 0 Å². The highest BCUT2D eigenvalue weighted by Gasteiger charge is 2.37. The first-order valence-electron chi connectivity index (χ1n) is 8.26. The highest BCUT2D eigenvalue weighted by atomic mass is 16.5. The van der Waals surface area contributed by atoms with Gasteiger partial charge in [-0.05, 0) is 25.3 Å². The van der Waals surface area contributed by atoms with E-state index < -0.39 is 0 Å². The van der Waals surface area contributed by atoms with Crippen LogP contribution in [0.25, 0.3) is 0 Å². The Morgan fingerprint density at radius 3 is 2.26 bits per heavy atom. The number of nitrogens with zero attached hydrogens (tertiary/aromatic N) is 1. The average Bonchev–Trinajstić information content (AvgIpc) is 2.66. The third kappa shape index (κ3) is 4.44. The number of nitrogens with one attached hydrogen (secondary N) is 1. The summed E-state index contributed by atoms with van der Waals surface area (Å²) in [6.07, 6.45) is 8.41. The molecule has 2 fully saturated rings. The smallest absolute Gasteiger partial charge is 0.0594 e. The van der Waals surface area contributed by atoms with Crippen LogP contribution in [0.4, 0.5) is 0 Å². The van der Waals surface area contributed by atoms with Crippen molar-refractivity contribution in [2.45, 2.75) is 57.9 Å². The second-order valence-corrected chi connectivity index (χ2v) is 6.76. The summed E-state index contributed by atoms with van der Waals surface area (Å²) in [4.78, 5) is 2.73. The Kier molecular flexibility index (Phi) is 6.11. The topological polar surface area (TPSA) is 24.5 Å². The lowest BCUT2D eigenvalue weighted by atomic mass is 9.87. The zero-order chi connectivity index (χ0) is 13.6. The molecule has 0 aromatic heterocycles. The van der Waals surface area contributed by atoms with Gasteiger partial charge in [-0.3, -0.25) is 4.90 Å². The Morgan fingerprint density at radius 1 is 1.05 bits per heavy atom. The second kappa shape index (κ2) is 7.61. The molecule has 1 saturated heterocycles. The van der Waals surface area contributed by atoms with Crippen molar-refractivity contribution in [1.82, 2.24) is 10.2 Å². The third-order valence-electron chi connectivity index (χ3n) is 4.72. The van der Waals surface area contributed by atoms with Crippen LogP contribution in [0.2, 0.25) is 0 Å². The quantitative estimate of drug-likeness (QED) is 0.776. The number of ether oxygens (including phenoxy) is 1. The van der Waals surface area contributed by atoms with Crippen LogP contribution in [0.5, 0.6) is 0 Å². The standard InChI is InChI=1S/C16H32N2O/c1-15(2)13-17-14-16(7-5-3-4-6-8-16)18-9-11-19-12-10-18/h15,17H,3-14H2,1-2H3. The molecule has 3 heteroatoms. The number of hydrogen-bond donors (Lipinski definition) is 1. The zero-order valence-corrected chi connectivity index (χ0v) is 12.9. The molecule has 1 heterocycles. The Hall–Kier alpha value is -0.120. The van der Waals surface area contributed by atoms with Crippen LogP contribution in [0, 0.1) is 5.92 Å². The maximum Gasteiger partial charge on any atom is 0.0594 e. The van der Waals surface area contributed by atoms with Gasteiger partial charge in [0.05, 0.1) is 13.2 Å². The summed E-state index contributed by atoms with van der Waals surface area (Å²) in [6.45, 7) is 11.0. The number of hydrogen-bond acceptors (Lipinski definition) is 3. The first-order chi connectivity index (χ1) is 9.23. The van der Waals surface area contributed by atoms with E-state index in [9.17, 15) is 0 Å². The molecular formula is C16H32N2O. The lowest BCUT2D eigenvalue weighted by Crippen LogP contribution is -2.58. The van der Waals surface area contributed by atoms with Gasteiger partial charge in [-0.25, -0.2) is 0 Å². The van der Waals surface area contributed by atoms with Crippen LogP contribution in [-0.4, -0.2) is 49.8 Å². The van der Waals surface area contributed by atoms with E-state index in [-0.39, 0.29) is 0 Å². The summed E-state index contributed by atoms with van der Waals surface area (Å²) in [7, 11) is 0. The number of morpholine rings is 1. The summed E-state index contributed by atoms with van der Waals surface area (Å²) in [5.41, 5.74) is 0.412. The summed E-state index contributed by atoms with van der Waals surface area (Å²) >= 11 is 0. The van der Waals surface area contributed by atoms with Crippen molar-refractivity contribution in [3.05, 3.63) is 0 Å². The average molecular weight is 268 g/mol. The van der Waals surface area contributed by atoms with Gasteiger partial charge in [0.15, 0.2) is 0 Å². The molecule has 112 valence electrons. The first-order valence-corrected chi connectivity index (χ1v) is 8.26. The maximum atomic E-state index is 5.55. The molecule has 3 nitrogen and oxygen atoms in total. The largest absolute Gasteiger partial charge is 0.379 e. The number of rotatable bonds is 5. The molecule has 0 spiro atoms. The van der Waals surface area contributed by atoms with E-state index in [2.05, 4.69) is 24.1 Å². The molecule has 2 rings (SSSR count). The minimum absolute atomic E-state index is 0.412. The highest BCUT2D eigenvalue weighted by Crippen LogP contribution is 2.32. The summed E-state index contributed by atoms with van der Waals surface area (Å²) in [5, 5.41) is 3.74. The van der Waals surface area contributed by atoms with Crippen molar-refractivity contribution >= 4 is 0 Å². The van der Waals surface area contributed by atoms with Crippen LogP contribution < -0.4 is 5.32 Å². The fourth-order valence-corrected chi connectivity index (χ4v) is 3.62. The molecule has 1 aliphatic carbocycles. The van der Waals surface area contributed by atoms with Crippen molar-refractivity contribution in [3.8, 4) is 0 Å². The summed E-state index contributed by atoms with van der Waals surface area (Å²) in [5.74, 6) is 0.743. The van der Waals surface area contributed by atoms with E-state index in [1.165, 1.54) is 45.1 Å². The minimum Gasteiger partial charge on any atom is -0.379 e. The van der Waals surface area contributed by atoms with Crippen molar-refractivity contribution in [2.75, 3.05) is 39.4 Å². The molecule has 0 aromatic rings. The maximum absolute atomic E-state index is 5.55. The normalized spacial score (nSPS) is 25.4. The molecular weight excluding hydrogens is 236 g/mol. The lowest BCUT2D eigenvalue weighted by Gasteiger charge is -2.46. The molecule has 0 radical (unpaired) electrons. The molecule has 0 bridgehead atoms. The Morgan fingerprint density at radius 2 is 1.68 bits per heavy atom. The van der Waals surface area contributed by atoms with Crippen molar-refractivity contribution in [1.29, 1.82) is 0 Å². The van der Waals surface area contributed by atoms with E-state index in [0.717, 1.165) is 38.8 Å².